The van der Waals surface area contributed by atoms with Gasteiger partial charge in [0, 0.05) is 24.5 Å². The first kappa shape index (κ1) is 14.8. The second-order valence-electron chi connectivity index (χ2n) is 4.16. The standard InChI is InChI=1S/C13H19N3O3/c1-4-9(2)16(13(18)19)11-7-5-6-10(8-11)15-12(17)14-3/h5-9H,4H2,1-3H3,(H,18,19)(H2,14,15,17). The van der Waals surface area contributed by atoms with Crippen LogP contribution in [0.15, 0.2) is 24.3 Å². The maximum Gasteiger partial charge on any atom is 0.412 e. The number of hydrogen-bond acceptors (Lipinski definition) is 2. The summed E-state index contributed by atoms with van der Waals surface area (Å²) >= 11 is 0. The van der Waals surface area contributed by atoms with Crippen LogP contribution in [0, 0.1) is 0 Å². The lowest BCUT2D eigenvalue weighted by Gasteiger charge is -2.26. The first-order valence-corrected chi connectivity index (χ1v) is 6.10. The van der Waals surface area contributed by atoms with Crippen LogP contribution >= 0.6 is 0 Å². The summed E-state index contributed by atoms with van der Waals surface area (Å²) in [5, 5.41) is 14.3. The lowest BCUT2D eigenvalue weighted by molar-refractivity contribution is 0.199. The summed E-state index contributed by atoms with van der Waals surface area (Å²) in [6.07, 6.45) is -0.300. The molecule has 0 spiro atoms. The number of amides is 3. The Bertz CT molecular complexity index is 462. The van der Waals surface area contributed by atoms with Crippen molar-refractivity contribution in [3.8, 4) is 0 Å². The molecule has 3 amide bonds. The van der Waals surface area contributed by atoms with Gasteiger partial charge in [-0.3, -0.25) is 4.90 Å². The van der Waals surface area contributed by atoms with Gasteiger partial charge in [0.15, 0.2) is 0 Å². The van der Waals surface area contributed by atoms with Crippen molar-refractivity contribution in [3.05, 3.63) is 24.3 Å². The second kappa shape index (κ2) is 6.63. The third kappa shape index (κ3) is 3.87. The van der Waals surface area contributed by atoms with Gasteiger partial charge in [0.2, 0.25) is 0 Å². The lowest BCUT2D eigenvalue weighted by atomic mass is 10.2. The van der Waals surface area contributed by atoms with Gasteiger partial charge in [0.25, 0.3) is 0 Å². The molecule has 1 atom stereocenters. The van der Waals surface area contributed by atoms with E-state index >= 15 is 0 Å². The molecule has 6 heteroatoms. The molecule has 3 N–H and O–H groups in total. The van der Waals surface area contributed by atoms with Crippen molar-refractivity contribution in [3.63, 3.8) is 0 Å². The molecule has 0 heterocycles. The van der Waals surface area contributed by atoms with Crippen LogP contribution in [0.25, 0.3) is 0 Å². The Kier molecular flexibility index (Phi) is 5.17. The molecule has 1 rings (SSSR count). The van der Waals surface area contributed by atoms with Crippen LogP contribution in [-0.2, 0) is 0 Å². The summed E-state index contributed by atoms with van der Waals surface area (Å²) < 4.78 is 0. The van der Waals surface area contributed by atoms with E-state index in [2.05, 4.69) is 10.6 Å². The molecule has 0 saturated heterocycles. The van der Waals surface area contributed by atoms with E-state index in [4.69, 9.17) is 0 Å². The van der Waals surface area contributed by atoms with Crippen LogP contribution in [0.2, 0.25) is 0 Å². The predicted octanol–water partition coefficient (Wildman–Crippen LogP) is 2.72. The largest absolute Gasteiger partial charge is 0.465 e. The zero-order chi connectivity index (χ0) is 14.4. The number of nitrogens with zero attached hydrogens (tertiary/aromatic N) is 1. The third-order valence-electron chi connectivity index (χ3n) is 2.85. The van der Waals surface area contributed by atoms with E-state index in [1.54, 1.807) is 24.3 Å². The smallest absolute Gasteiger partial charge is 0.412 e. The number of anilines is 2. The van der Waals surface area contributed by atoms with E-state index in [9.17, 15) is 14.7 Å². The summed E-state index contributed by atoms with van der Waals surface area (Å²) in [4.78, 5) is 23.8. The first-order chi connectivity index (χ1) is 8.99. The highest BCUT2D eigenvalue weighted by Crippen LogP contribution is 2.22. The van der Waals surface area contributed by atoms with Crippen molar-refractivity contribution >= 4 is 23.5 Å². The fourth-order valence-corrected chi connectivity index (χ4v) is 1.66. The number of urea groups is 1. The average Bonchev–Trinajstić information content (AvgIpc) is 2.38. The maximum absolute atomic E-state index is 11.3. The Morgan fingerprint density at radius 3 is 2.63 bits per heavy atom. The highest BCUT2D eigenvalue weighted by atomic mass is 16.4. The molecule has 0 aliphatic heterocycles. The minimum Gasteiger partial charge on any atom is -0.465 e. The molecule has 0 aliphatic carbocycles. The summed E-state index contributed by atoms with van der Waals surface area (Å²) in [7, 11) is 1.52. The van der Waals surface area contributed by atoms with Gasteiger partial charge in [-0.25, -0.2) is 9.59 Å². The van der Waals surface area contributed by atoms with E-state index in [1.165, 1.54) is 11.9 Å². The fraction of sp³-hybridized carbons (Fsp3) is 0.385. The minimum atomic E-state index is -1.01. The number of hydrogen-bond donors (Lipinski definition) is 3. The van der Waals surface area contributed by atoms with Gasteiger partial charge in [-0.2, -0.15) is 0 Å². The molecular weight excluding hydrogens is 246 g/mol. The Morgan fingerprint density at radius 1 is 1.42 bits per heavy atom. The van der Waals surface area contributed by atoms with Crippen LogP contribution in [0.3, 0.4) is 0 Å². The van der Waals surface area contributed by atoms with Gasteiger partial charge in [0.1, 0.15) is 0 Å². The van der Waals surface area contributed by atoms with Gasteiger partial charge >= 0.3 is 12.1 Å². The van der Waals surface area contributed by atoms with E-state index < -0.39 is 6.09 Å². The molecule has 1 unspecified atom stereocenters. The molecule has 0 bridgehead atoms. The van der Waals surface area contributed by atoms with Crippen molar-refractivity contribution in [2.45, 2.75) is 26.3 Å². The van der Waals surface area contributed by atoms with Gasteiger partial charge in [-0.15, -0.1) is 0 Å². The molecule has 0 fully saturated rings. The van der Waals surface area contributed by atoms with Gasteiger partial charge in [-0.05, 0) is 31.5 Å². The molecule has 6 nitrogen and oxygen atoms in total. The van der Waals surface area contributed by atoms with E-state index in [0.29, 0.717) is 17.8 Å². The fourth-order valence-electron chi connectivity index (χ4n) is 1.66. The van der Waals surface area contributed by atoms with Crippen LogP contribution < -0.4 is 15.5 Å². The van der Waals surface area contributed by atoms with Crippen molar-refractivity contribution in [1.29, 1.82) is 0 Å². The highest BCUT2D eigenvalue weighted by Gasteiger charge is 2.20. The number of carbonyl (C=O) groups is 2. The SMILES string of the molecule is CCC(C)N(C(=O)O)c1cccc(NC(=O)NC)c1. The van der Waals surface area contributed by atoms with Crippen LogP contribution in [0.4, 0.5) is 21.0 Å². The zero-order valence-electron chi connectivity index (χ0n) is 11.3. The monoisotopic (exact) mass is 265 g/mol. The number of rotatable bonds is 4. The molecule has 0 radical (unpaired) electrons. The first-order valence-electron chi connectivity index (χ1n) is 6.10. The minimum absolute atomic E-state index is 0.132. The van der Waals surface area contributed by atoms with Crippen LogP contribution in [0.5, 0.6) is 0 Å². The summed E-state index contributed by atoms with van der Waals surface area (Å²) in [5.74, 6) is 0. The predicted molar refractivity (Wildman–Crippen MR) is 74.8 cm³/mol. The van der Waals surface area contributed by atoms with Gasteiger partial charge < -0.3 is 15.7 Å². The van der Waals surface area contributed by atoms with E-state index in [0.717, 1.165) is 0 Å². The van der Waals surface area contributed by atoms with Crippen molar-refractivity contribution < 1.29 is 14.7 Å². The number of carbonyl (C=O) groups excluding carboxylic acids is 1. The summed E-state index contributed by atoms with van der Waals surface area (Å²) in [6.45, 7) is 3.76. The van der Waals surface area contributed by atoms with E-state index in [1.807, 2.05) is 13.8 Å². The van der Waals surface area contributed by atoms with Crippen LogP contribution in [-0.4, -0.2) is 30.3 Å². The zero-order valence-corrected chi connectivity index (χ0v) is 11.3. The molecule has 0 saturated carbocycles. The van der Waals surface area contributed by atoms with Gasteiger partial charge in [-0.1, -0.05) is 13.0 Å². The quantitative estimate of drug-likeness (QED) is 0.782. The van der Waals surface area contributed by atoms with Crippen molar-refractivity contribution in [2.75, 3.05) is 17.3 Å². The average molecular weight is 265 g/mol. The third-order valence-corrected chi connectivity index (χ3v) is 2.85. The normalized spacial score (nSPS) is 11.5. The Balaban J connectivity index is 3.01. The molecule has 19 heavy (non-hydrogen) atoms. The molecule has 0 aliphatic rings. The molecule has 0 aromatic heterocycles. The molecule has 104 valence electrons. The Morgan fingerprint density at radius 2 is 2.11 bits per heavy atom. The Hall–Kier alpha value is -2.24. The molecule has 1 aromatic rings. The molecule has 1 aromatic carbocycles. The molecular formula is C13H19N3O3. The van der Waals surface area contributed by atoms with Crippen molar-refractivity contribution in [2.24, 2.45) is 0 Å². The summed E-state index contributed by atoms with van der Waals surface area (Å²) in [5.41, 5.74) is 1.09. The van der Waals surface area contributed by atoms with Gasteiger partial charge in [0.05, 0.1) is 0 Å². The maximum atomic E-state index is 11.3. The number of nitrogens with one attached hydrogen (secondary N) is 2. The number of carboxylic acid groups (broad SMARTS) is 1. The van der Waals surface area contributed by atoms with Crippen LogP contribution in [0.1, 0.15) is 20.3 Å². The Labute approximate surface area is 112 Å². The van der Waals surface area contributed by atoms with Crippen molar-refractivity contribution in [1.82, 2.24) is 5.32 Å². The summed E-state index contributed by atoms with van der Waals surface area (Å²) in [6, 6.07) is 6.27. The number of benzene rings is 1. The lowest BCUT2D eigenvalue weighted by Crippen LogP contribution is -2.37. The highest BCUT2D eigenvalue weighted by molar-refractivity contribution is 5.91. The second-order valence-corrected chi connectivity index (χ2v) is 4.16. The van der Waals surface area contributed by atoms with E-state index in [-0.39, 0.29) is 12.1 Å². The topological polar surface area (TPSA) is 81.7 Å².